The fourth-order valence-corrected chi connectivity index (χ4v) is 6.59. The number of anilines is 2. The molecule has 0 unspecified atom stereocenters. The largest absolute Gasteiger partial charge is 0.489 e. The van der Waals surface area contributed by atoms with Crippen LogP contribution in [0.2, 0.25) is 0 Å². The molecule has 1 aromatic heterocycles. The highest BCUT2D eigenvalue weighted by Crippen LogP contribution is 2.31. The van der Waals surface area contributed by atoms with Gasteiger partial charge >= 0.3 is 6.18 Å². The van der Waals surface area contributed by atoms with Crippen LogP contribution in [-0.2, 0) is 22.8 Å². The predicted molar refractivity (Wildman–Crippen MR) is 165 cm³/mol. The molecular formula is C32H22F3N3O4S2. The maximum absolute atomic E-state index is 13.0. The Morgan fingerprint density at radius 3 is 2.30 bits per heavy atom. The number of thiazole rings is 1. The second-order valence-electron chi connectivity index (χ2n) is 9.78. The summed E-state index contributed by atoms with van der Waals surface area (Å²) in [6.07, 6.45) is -4.39. The molecule has 2 N–H and O–H groups in total. The van der Waals surface area contributed by atoms with Gasteiger partial charge in [0.2, 0.25) is 0 Å². The van der Waals surface area contributed by atoms with Crippen molar-refractivity contribution in [2.24, 2.45) is 0 Å². The molecule has 5 aromatic carbocycles. The smallest absolute Gasteiger partial charge is 0.416 e. The van der Waals surface area contributed by atoms with Gasteiger partial charge in [-0.25, -0.2) is 13.4 Å². The first-order valence-electron chi connectivity index (χ1n) is 13.2. The van der Waals surface area contributed by atoms with Crippen molar-refractivity contribution in [2.75, 3.05) is 10.0 Å². The zero-order chi connectivity index (χ0) is 30.9. The molecule has 0 spiro atoms. The fourth-order valence-electron chi connectivity index (χ4n) is 4.41. The quantitative estimate of drug-likeness (QED) is 0.177. The average molecular weight is 634 g/mol. The van der Waals surface area contributed by atoms with Crippen molar-refractivity contribution < 1.29 is 31.1 Å². The number of carbonyl (C=O) groups is 1. The summed E-state index contributed by atoms with van der Waals surface area (Å²) in [7, 11) is -3.88. The van der Waals surface area contributed by atoms with Gasteiger partial charge in [0.05, 0.1) is 20.7 Å². The monoisotopic (exact) mass is 633 g/mol. The van der Waals surface area contributed by atoms with Crippen LogP contribution in [0.25, 0.3) is 21.0 Å². The van der Waals surface area contributed by atoms with E-state index in [4.69, 9.17) is 4.74 Å². The maximum Gasteiger partial charge on any atom is 0.416 e. The Bertz CT molecular complexity index is 2090. The molecular weight excluding hydrogens is 611 g/mol. The molecule has 1 heterocycles. The maximum atomic E-state index is 13.0. The van der Waals surface area contributed by atoms with Crippen LogP contribution in [0.5, 0.6) is 5.75 Å². The third kappa shape index (κ3) is 6.51. The van der Waals surface area contributed by atoms with Crippen LogP contribution >= 0.6 is 11.3 Å². The molecule has 0 aliphatic heterocycles. The number of alkyl halides is 3. The molecule has 0 aliphatic carbocycles. The number of halogens is 3. The lowest BCUT2D eigenvalue weighted by Crippen LogP contribution is -2.12. The molecule has 222 valence electrons. The standard InChI is InChI=1S/C32H22F3N3O4S2/c33-32(34,35)24-9-5-20(6-10-24)19-42-26-13-11-25(12-14-26)36-30(39)23-8-16-28-29(18-23)43-31(37-28)38-44(40,41)27-15-7-21-3-1-2-4-22(21)17-27/h1-18H,19H2,(H,36,39)(H,37,38). The van der Waals surface area contributed by atoms with E-state index in [0.717, 1.165) is 34.2 Å². The van der Waals surface area contributed by atoms with Gasteiger partial charge in [0.1, 0.15) is 12.4 Å². The average Bonchev–Trinajstić information content (AvgIpc) is 3.41. The lowest BCUT2D eigenvalue weighted by Gasteiger charge is -2.10. The first kappa shape index (κ1) is 29.1. The number of sulfonamides is 1. The minimum Gasteiger partial charge on any atom is -0.489 e. The molecule has 6 rings (SSSR count). The van der Waals surface area contributed by atoms with Crippen LogP contribution in [0.1, 0.15) is 21.5 Å². The molecule has 12 heteroatoms. The third-order valence-corrected chi connectivity index (χ3v) is 9.10. The highest BCUT2D eigenvalue weighted by molar-refractivity contribution is 7.93. The lowest BCUT2D eigenvalue weighted by atomic mass is 10.1. The van der Waals surface area contributed by atoms with Crippen molar-refractivity contribution in [3.8, 4) is 5.75 Å². The van der Waals surface area contributed by atoms with Crippen molar-refractivity contribution in [2.45, 2.75) is 17.7 Å². The van der Waals surface area contributed by atoms with Gasteiger partial charge in [0.15, 0.2) is 5.13 Å². The Kier molecular flexibility index (Phi) is 7.70. The fraction of sp³-hybridized carbons (Fsp3) is 0.0625. The molecule has 0 saturated carbocycles. The second-order valence-corrected chi connectivity index (χ2v) is 12.5. The van der Waals surface area contributed by atoms with Crippen LogP contribution < -0.4 is 14.8 Å². The number of amides is 1. The van der Waals surface area contributed by atoms with Gasteiger partial charge in [-0.3, -0.25) is 9.52 Å². The number of aromatic nitrogens is 1. The number of ether oxygens (including phenoxy) is 1. The van der Waals surface area contributed by atoms with Crippen molar-refractivity contribution in [1.29, 1.82) is 0 Å². The summed E-state index contributed by atoms with van der Waals surface area (Å²) < 4.78 is 73.1. The van der Waals surface area contributed by atoms with Crippen molar-refractivity contribution in [3.63, 3.8) is 0 Å². The summed E-state index contributed by atoms with van der Waals surface area (Å²) in [5.41, 5.74) is 1.26. The van der Waals surface area contributed by atoms with E-state index in [1.165, 1.54) is 12.1 Å². The van der Waals surface area contributed by atoms with Crippen LogP contribution in [-0.4, -0.2) is 19.3 Å². The highest BCUT2D eigenvalue weighted by Gasteiger charge is 2.30. The van der Waals surface area contributed by atoms with E-state index in [-0.39, 0.29) is 22.5 Å². The predicted octanol–water partition coefficient (Wildman–Crippen LogP) is 8.10. The van der Waals surface area contributed by atoms with Gasteiger partial charge in [-0.05, 0) is 83.1 Å². The van der Waals surface area contributed by atoms with Gasteiger partial charge in [-0.15, -0.1) is 0 Å². The Hall–Kier alpha value is -4.94. The molecule has 6 aromatic rings. The van der Waals surface area contributed by atoms with Crippen LogP contribution in [0.15, 0.2) is 114 Å². The van der Waals surface area contributed by atoms with E-state index >= 15 is 0 Å². The van der Waals surface area contributed by atoms with Crippen LogP contribution in [0.4, 0.5) is 24.0 Å². The molecule has 0 radical (unpaired) electrons. The second kappa shape index (κ2) is 11.6. The first-order valence-corrected chi connectivity index (χ1v) is 15.5. The van der Waals surface area contributed by atoms with Crippen molar-refractivity contribution in [3.05, 3.63) is 126 Å². The molecule has 0 atom stereocenters. The number of hydrogen-bond acceptors (Lipinski definition) is 6. The Morgan fingerprint density at radius 1 is 0.841 bits per heavy atom. The van der Waals surface area contributed by atoms with Gasteiger partial charge in [0.25, 0.3) is 15.9 Å². The van der Waals surface area contributed by atoms with Gasteiger partial charge in [-0.2, -0.15) is 13.2 Å². The third-order valence-electron chi connectivity index (χ3n) is 6.70. The van der Waals surface area contributed by atoms with E-state index < -0.39 is 21.8 Å². The zero-order valence-electron chi connectivity index (χ0n) is 22.6. The van der Waals surface area contributed by atoms with E-state index in [9.17, 15) is 26.4 Å². The van der Waals surface area contributed by atoms with E-state index in [1.54, 1.807) is 60.7 Å². The van der Waals surface area contributed by atoms with Gasteiger partial charge in [-0.1, -0.05) is 53.8 Å². The zero-order valence-corrected chi connectivity index (χ0v) is 24.3. The minimum absolute atomic E-state index is 0.0825. The van der Waals surface area contributed by atoms with Gasteiger partial charge in [0, 0.05) is 11.3 Å². The Labute approximate surface area is 254 Å². The summed E-state index contributed by atoms with van der Waals surface area (Å²) in [4.78, 5) is 17.4. The minimum atomic E-state index is -4.39. The number of nitrogens with zero attached hydrogens (tertiary/aromatic N) is 1. The molecule has 44 heavy (non-hydrogen) atoms. The normalized spacial score (nSPS) is 11.9. The Balaban J connectivity index is 1.09. The molecule has 7 nitrogen and oxygen atoms in total. The topological polar surface area (TPSA) is 97.4 Å². The number of rotatable bonds is 8. The summed E-state index contributed by atoms with van der Waals surface area (Å²) in [6, 6.07) is 28.5. The summed E-state index contributed by atoms with van der Waals surface area (Å²) in [5.74, 6) is 0.102. The number of fused-ring (bicyclic) bond motifs is 2. The number of hydrogen-bond donors (Lipinski definition) is 2. The van der Waals surface area contributed by atoms with Crippen molar-refractivity contribution in [1.82, 2.24) is 4.98 Å². The van der Waals surface area contributed by atoms with Gasteiger partial charge < -0.3 is 10.1 Å². The van der Waals surface area contributed by atoms with E-state index in [0.29, 0.717) is 32.8 Å². The molecule has 0 bridgehead atoms. The summed E-state index contributed by atoms with van der Waals surface area (Å²) in [6.45, 7) is 0.0825. The number of nitrogens with one attached hydrogen (secondary N) is 2. The lowest BCUT2D eigenvalue weighted by molar-refractivity contribution is -0.137. The van der Waals surface area contributed by atoms with Crippen molar-refractivity contribution >= 4 is 59.1 Å². The van der Waals surface area contributed by atoms with E-state index in [2.05, 4.69) is 15.0 Å². The molecule has 0 saturated heterocycles. The summed E-state index contributed by atoms with van der Waals surface area (Å²) >= 11 is 1.11. The van der Waals surface area contributed by atoms with Crippen LogP contribution in [0.3, 0.4) is 0 Å². The number of carbonyl (C=O) groups excluding carboxylic acids is 1. The molecule has 0 aliphatic rings. The Morgan fingerprint density at radius 2 is 1.57 bits per heavy atom. The van der Waals surface area contributed by atoms with E-state index in [1.807, 2.05) is 24.3 Å². The first-order chi connectivity index (χ1) is 21.0. The summed E-state index contributed by atoms with van der Waals surface area (Å²) in [5, 5.41) is 4.71. The number of benzene rings is 5. The molecule has 1 amide bonds. The molecule has 0 fully saturated rings. The SMILES string of the molecule is O=C(Nc1ccc(OCc2ccc(C(F)(F)F)cc2)cc1)c1ccc2nc(NS(=O)(=O)c3ccc4ccccc4c3)sc2c1. The highest BCUT2D eigenvalue weighted by atomic mass is 32.2. The van der Waals surface area contributed by atoms with Crippen LogP contribution in [0, 0.1) is 0 Å².